The van der Waals surface area contributed by atoms with Crippen molar-refractivity contribution in [3.05, 3.63) is 83.0 Å². The summed E-state index contributed by atoms with van der Waals surface area (Å²) in [6.45, 7) is 4.32. The zero-order chi connectivity index (χ0) is 40.2. The SMILES string of the molecule is [B]C([B])(c1cccc(C(=O)N2CC[C@H](OC)C2)n1)N1CC(n2ncc3c2C(CC)N(C)c2c(NC(/C=C(\N)NC(=O)C4CC4)=C(/N)C(=O)NC4CC4)cccc2-3)C1. The number of para-hydroxylation sites is 1. The molecule has 2 aromatic heterocycles. The molecule has 5 heterocycles. The number of anilines is 2. The van der Waals surface area contributed by atoms with Gasteiger partial charge in [0.25, 0.3) is 11.8 Å². The van der Waals surface area contributed by atoms with Crippen LogP contribution in [0.1, 0.15) is 79.4 Å². The molecule has 1 aromatic carbocycles. The summed E-state index contributed by atoms with van der Waals surface area (Å²) in [7, 11) is 17.2. The van der Waals surface area contributed by atoms with E-state index in [4.69, 9.17) is 37.0 Å². The van der Waals surface area contributed by atoms with Crippen molar-refractivity contribution < 1.29 is 19.1 Å². The first-order chi connectivity index (χ1) is 27.4. The van der Waals surface area contributed by atoms with E-state index in [9.17, 15) is 14.4 Å². The molecule has 4 fully saturated rings. The average Bonchev–Trinajstić information content (AvgIpc) is 4.11. The Labute approximate surface area is 335 Å². The van der Waals surface area contributed by atoms with Crippen LogP contribution < -0.4 is 32.3 Å². The Bertz CT molecular complexity index is 2140. The lowest BCUT2D eigenvalue weighted by Crippen LogP contribution is -2.60. The zero-order valence-electron chi connectivity index (χ0n) is 32.7. The minimum atomic E-state index is -1.41. The summed E-state index contributed by atoms with van der Waals surface area (Å²) in [5, 5.41) is 12.6. The van der Waals surface area contributed by atoms with Crippen molar-refractivity contribution in [2.24, 2.45) is 17.4 Å². The average molecular weight is 770 g/mol. The van der Waals surface area contributed by atoms with Crippen LogP contribution in [-0.2, 0) is 19.7 Å². The van der Waals surface area contributed by atoms with Gasteiger partial charge in [0, 0.05) is 75.2 Å². The van der Waals surface area contributed by atoms with E-state index in [2.05, 4.69) is 43.5 Å². The summed E-state index contributed by atoms with van der Waals surface area (Å²) < 4.78 is 7.52. The maximum absolute atomic E-state index is 13.3. The number of ether oxygens (including phenoxy) is 1. The van der Waals surface area contributed by atoms with Gasteiger partial charge >= 0.3 is 0 Å². The lowest BCUT2D eigenvalue weighted by atomic mass is 9.57. The van der Waals surface area contributed by atoms with E-state index in [0.29, 0.717) is 43.3 Å². The first kappa shape index (κ1) is 38.6. The quantitative estimate of drug-likeness (QED) is 0.0971. The number of nitrogens with two attached hydrogens (primary N) is 2. The molecule has 2 aliphatic carbocycles. The van der Waals surface area contributed by atoms with Crippen LogP contribution >= 0.6 is 0 Å². The number of hydrogen-bond acceptors (Lipinski definition) is 11. The highest BCUT2D eigenvalue weighted by Crippen LogP contribution is 2.50. The molecule has 17 heteroatoms. The van der Waals surface area contributed by atoms with Crippen LogP contribution in [0.15, 0.2) is 65.9 Å². The van der Waals surface area contributed by atoms with Crippen LogP contribution in [0.3, 0.4) is 0 Å². The number of methoxy groups -OCH3 is 1. The van der Waals surface area contributed by atoms with Crippen molar-refractivity contribution in [3.63, 3.8) is 0 Å². The number of benzene rings is 1. The van der Waals surface area contributed by atoms with E-state index in [0.717, 1.165) is 61.0 Å². The normalized spacial score (nSPS) is 21.6. The van der Waals surface area contributed by atoms with E-state index in [1.807, 2.05) is 30.3 Å². The van der Waals surface area contributed by atoms with Gasteiger partial charge in [-0.15, -0.1) is 0 Å². The molecule has 3 amide bonds. The number of amides is 3. The van der Waals surface area contributed by atoms with E-state index in [1.165, 1.54) is 6.08 Å². The number of pyridine rings is 1. The Morgan fingerprint density at radius 1 is 1.02 bits per heavy atom. The van der Waals surface area contributed by atoms with Gasteiger partial charge in [0.2, 0.25) is 5.91 Å². The molecule has 57 heavy (non-hydrogen) atoms. The molecule has 0 spiro atoms. The Morgan fingerprint density at radius 3 is 2.46 bits per heavy atom. The number of allylic oxidation sites excluding steroid dienone is 1. The molecule has 8 rings (SSSR count). The molecular formula is C40H49B2N11O4. The minimum Gasteiger partial charge on any atom is -0.393 e. The highest BCUT2D eigenvalue weighted by Gasteiger charge is 2.43. The second kappa shape index (κ2) is 15.2. The third-order valence-electron chi connectivity index (χ3n) is 11.8. The molecule has 294 valence electrons. The number of nitrogens with zero attached hydrogens (tertiary/aromatic N) is 6. The Kier molecular flexibility index (Phi) is 10.3. The fraction of sp³-hybridized carbons (Fsp3) is 0.475. The highest BCUT2D eigenvalue weighted by molar-refractivity contribution is 6.39. The monoisotopic (exact) mass is 769 g/mol. The second-order valence-electron chi connectivity index (χ2n) is 15.9. The zero-order valence-corrected chi connectivity index (χ0v) is 32.7. The maximum atomic E-state index is 13.3. The molecule has 3 aromatic rings. The number of rotatable bonds is 13. The first-order valence-electron chi connectivity index (χ1n) is 19.8. The molecule has 15 nitrogen and oxygen atoms in total. The Morgan fingerprint density at radius 2 is 1.77 bits per heavy atom. The molecule has 2 atom stereocenters. The number of carbonyl (C=O) groups is 3. The molecule has 2 saturated heterocycles. The molecule has 3 aliphatic heterocycles. The van der Waals surface area contributed by atoms with Crippen molar-refractivity contribution in [2.75, 3.05) is 50.6 Å². The van der Waals surface area contributed by atoms with E-state index >= 15 is 0 Å². The van der Waals surface area contributed by atoms with E-state index in [1.54, 1.807) is 30.2 Å². The summed E-state index contributed by atoms with van der Waals surface area (Å²) in [6.07, 6.45) is 8.46. The number of carbonyl (C=O) groups excluding carboxylic acids is 3. The van der Waals surface area contributed by atoms with Crippen LogP contribution in [-0.4, -0.2) is 110 Å². The summed E-state index contributed by atoms with van der Waals surface area (Å²) in [6, 6.07) is 11.2. The number of hydrogen-bond donors (Lipinski definition) is 5. The molecule has 7 N–H and O–H groups in total. The van der Waals surface area contributed by atoms with Gasteiger partial charge in [0.1, 0.15) is 17.2 Å². The van der Waals surface area contributed by atoms with Crippen LogP contribution in [0.4, 0.5) is 11.4 Å². The van der Waals surface area contributed by atoms with Crippen molar-refractivity contribution in [2.45, 2.75) is 75.0 Å². The fourth-order valence-corrected chi connectivity index (χ4v) is 8.09. The van der Waals surface area contributed by atoms with Gasteiger partial charge in [-0.3, -0.25) is 19.1 Å². The Balaban J connectivity index is 1.04. The largest absolute Gasteiger partial charge is 0.393 e. The predicted molar refractivity (Wildman–Crippen MR) is 218 cm³/mol. The smallest absolute Gasteiger partial charge is 0.272 e. The summed E-state index contributed by atoms with van der Waals surface area (Å²) in [4.78, 5) is 49.5. The van der Waals surface area contributed by atoms with Gasteiger partial charge in [-0.1, -0.05) is 25.1 Å². The van der Waals surface area contributed by atoms with Crippen LogP contribution in [0.5, 0.6) is 0 Å². The van der Waals surface area contributed by atoms with Crippen molar-refractivity contribution in [3.8, 4) is 11.1 Å². The molecule has 0 bridgehead atoms. The van der Waals surface area contributed by atoms with Gasteiger partial charge in [-0.25, -0.2) is 4.98 Å². The molecule has 2 saturated carbocycles. The van der Waals surface area contributed by atoms with Gasteiger partial charge in [0.05, 0.1) is 62.8 Å². The third-order valence-corrected chi connectivity index (χ3v) is 11.8. The van der Waals surface area contributed by atoms with E-state index in [-0.39, 0.29) is 59.2 Å². The second-order valence-corrected chi connectivity index (χ2v) is 15.9. The maximum Gasteiger partial charge on any atom is 0.272 e. The van der Waals surface area contributed by atoms with Gasteiger partial charge in [0.15, 0.2) is 0 Å². The fourth-order valence-electron chi connectivity index (χ4n) is 8.09. The number of likely N-dealkylation sites (tertiary alicyclic amines) is 2. The van der Waals surface area contributed by atoms with Crippen LogP contribution in [0, 0.1) is 5.92 Å². The first-order valence-corrected chi connectivity index (χ1v) is 19.8. The number of fused-ring (bicyclic) bond motifs is 3. The Hall–Kier alpha value is -5.28. The molecule has 1 unspecified atom stereocenters. The topological polar surface area (TPSA) is 189 Å². The van der Waals surface area contributed by atoms with Gasteiger partial charge in [-0.05, 0) is 62.1 Å². The van der Waals surface area contributed by atoms with Gasteiger partial charge < -0.3 is 46.9 Å². The van der Waals surface area contributed by atoms with Crippen LogP contribution in [0.25, 0.3) is 11.1 Å². The van der Waals surface area contributed by atoms with Gasteiger partial charge in [-0.2, -0.15) is 5.10 Å². The lowest BCUT2D eigenvalue weighted by Gasteiger charge is -2.50. The van der Waals surface area contributed by atoms with Crippen molar-refractivity contribution >= 4 is 44.8 Å². The summed E-state index contributed by atoms with van der Waals surface area (Å²) in [5.74, 6) is -0.670. The highest BCUT2D eigenvalue weighted by atomic mass is 16.5. The predicted octanol–water partition coefficient (Wildman–Crippen LogP) is 1.90. The summed E-state index contributed by atoms with van der Waals surface area (Å²) in [5.41, 5.74) is 18.4. The van der Waals surface area contributed by atoms with Crippen molar-refractivity contribution in [1.29, 1.82) is 0 Å². The third kappa shape index (κ3) is 7.50. The number of nitrogens with one attached hydrogen (secondary N) is 3. The van der Waals surface area contributed by atoms with E-state index < -0.39 is 11.2 Å². The molecule has 4 radical (unpaired) electrons. The molecule has 5 aliphatic rings. The summed E-state index contributed by atoms with van der Waals surface area (Å²) >= 11 is 0. The lowest BCUT2D eigenvalue weighted by molar-refractivity contribution is -0.121. The minimum absolute atomic E-state index is 0.01000. The van der Waals surface area contributed by atoms with Crippen molar-refractivity contribution in [1.82, 2.24) is 35.2 Å². The van der Waals surface area contributed by atoms with Crippen LogP contribution in [0.2, 0.25) is 0 Å². The number of aromatic nitrogens is 3. The molecular weight excluding hydrogens is 720 g/mol. The standard InChI is InChI=1S/C40H49B2N11O4/c1-4-31-36-27(18-45-53(36)24-19-52(20-24)40(41,42)32-10-6-9-29(48-32)39(56)51-16-15-25(21-51)57-3)26-7-5-8-28(35(26)50(31)2)47-30(34(44)38(55)46-23-13-14-23)17-33(43)49-37(54)22-11-12-22/h5-10,17-18,22-25,31,47H,4,11-16,19-21,43-44H2,1-3H3,(H,46,55)(H,49,54)/b33-17+,34-30+/t25-,31?/m0/s1.